The number of alkyl halides is 2. The molecule has 4 heteroatoms. The lowest BCUT2D eigenvalue weighted by atomic mass is 9.87. The van der Waals surface area contributed by atoms with Crippen molar-refractivity contribution in [3.63, 3.8) is 0 Å². The van der Waals surface area contributed by atoms with Gasteiger partial charge in [-0.2, -0.15) is 0 Å². The average Bonchev–Trinajstić information content (AvgIpc) is 2.33. The van der Waals surface area contributed by atoms with Crippen LogP contribution in [-0.4, -0.2) is 22.2 Å². The summed E-state index contributed by atoms with van der Waals surface area (Å²) >= 11 is 11.4. The second-order valence-electron chi connectivity index (χ2n) is 4.50. The standard InChI is InChI=1S/C13H15Cl2NO/c1-8-7-16(13(17)12(14)15)9(2)11-6-4-3-5-10(8)11/h3-6,8-9,12H,7H2,1-2H3. The van der Waals surface area contributed by atoms with E-state index in [4.69, 9.17) is 23.2 Å². The van der Waals surface area contributed by atoms with Crippen molar-refractivity contribution in [3.8, 4) is 0 Å². The Labute approximate surface area is 112 Å². The molecule has 0 aromatic heterocycles. The van der Waals surface area contributed by atoms with Crippen LogP contribution >= 0.6 is 23.2 Å². The van der Waals surface area contributed by atoms with Gasteiger partial charge >= 0.3 is 0 Å². The highest BCUT2D eigenvalue weighted by Gasteiger charge is 2.33. The second kappa shape index (κ2) is 4.87. The Kier molecular flexibility index (Phi) is 3.64. The number of carbonyl (C=O) groups is 1. The number of hydrogen-bond acceptors (Lipinski definition) is 1. The predicted molar refractivity (Wildman–Crippen MR) is 70.5 cm³/mol. The molecule has 2 nitrogen and oxygen atoms in total. The highest BCUT2D eigenvalue weighted by atomic mass is 35.5. The Bertz CT molecular complexity index is 433. The van der Waals surface area contributed by atoms with Crippen LogP contribution in [0.1, 0.15) is 36.9 Å². The van der Waals surface area contributed by atoms with Gasteiger partial charge in [0.1, 0.15) is 0 Å². The van der Waals surface area contributed by atoms with E-state index in [9.17, 15) is 4.79 Å². The molecule has 1 aromatic rings. The van der Waals surface area contributed by atoms with E-state index in [2.05, 4.69) is 19.1 Å². The average molecular weight is 272 g/mol. The Morgan fingerprint density at radius 2 is 1.88 bits per heavy atom. The summed E-state index contributed by atoms with van der Waals surface area (Å²) < 4.78 is 0. The summed E-state index contributed by atoms with van der Waals surface area (Å²) in [4.78, 5) is 12.7. The van der Waals surface area contributed by atoms with Gasteiger partial charge in [0, 0.05) is 6.54 Å². The van der Waals surface area contributed by atoms with Gasteiger partial charge in [0.05, 0.1) is 6.04 Å². The quantitative estimate of drug-likeness (QED) is 0.716. The molecule has 0 radical (unpaired) electrons. The van der Waals surface area contributed by atoms with E-state index >= 15 is 0 Å². The zero-order chi connectivity index (χ0) is 12.6. The van der Waals surface area contributed by atoms with Crippen molar-refractivity contribution in [1.29, 1.82) is 0 Å². The van der Waals surface area contributed by atoms with Crippen LogP contribution in [0.5, 0.6) is 0 Å². The van der Waals surface area contributed by atoms with Crippen molar-refractivity contribution in [2.24, 2.45) is 0 Å². The van der Waals surface area contributed by atoms with Gasteiger partial charge in [-0.05, 0) is 24.0 Å². The van der Waals surface area contributed by atoms with Crippen molar-refractivity contribution in [3.05, 3.63) is 35.4 Å². The van der Waals surface area contributed by atoms with Crippen molar-refractivity contribution >= 4 is 29.1 Å². The van der Waals surface area contributed by atoms with Crippen molar-refractivity contribution in [2.45, 2.75) is 30.6 Å². The van der Waals surface area contributed by atoms with Gasteiger partial charge in [-0.15, -0.1) is 0 Å². The number of halogens is 2. The van der Waals surface area contributed by atoms with Gasteiger partial charge in [-0.1, -0.05) is 54.4 Å². The molecule has 1 aromatic carbocycles. The lowest BCUT2D eigenvalue weighted by Gasteiger charge is -2.38. The number of rotatable bonds is 1. The summed E-state index contributed by atoms with van der Waals surface area (Å²) in [6.45, 7) is 4.80. The molecule has 1 heterocycles. The predicted octanol–water partition coefficient (Wildman–Crippen LogP) is 3.50. The Morgan fingerprint density at radius 3 is 2.47 bits per heavy atom. The summed E-state index contributed by atoms with van der Waals surface area (Å²) in [7, 11) is 0. The maximum absolute atomic E-state index is 11.9. The van der Waals surface area contributed by atoms with Crippen LogP contribution in [0, 0.1) is 0 Å². The first kappa shape index (κ1) is 12.7. The summed E-state index contributed by atoms with van der Waals surface area (Å²) in [5.41, 5.74) is 2.50. The van der Waals surface area contributed by atoms with Crippen molar-refractivity contribution < 1.29 is 4.79 Å². The highest BCUT2D eigenvalue weighted by Crippen LogP contribution is 2.36. The molecule has 0 saturated carbocycles. The summed E-state index contributed by atoms with van der Waals surface area (Å²) in [5.74, 6) is 0.112. The lowest BCUT2D eigenvalue weighted by Crippen LogP contribution is -2.42. The first-order valence-electron chi connectivity index (χ1n) is 5.69. The molecule has 2 rings (SSSR count). The third-order valence-electron chi connectivity index (χ3n) is 3.38. The van der Waals surface area contributed by atoms with Gasteiger partial charge < -0.3 is 4.90 Å². The first-order chi connectivity index (χ1) is 8.02. The van der Waals surface area contributed by atoms with Crippen molar-refractivity contribution in [2.75, 3.05) is 6.54 Å². The maximum Gasteiger partial charge on any atom is 0.256 e. The lowest BCUT2D eigenvalue weighted by molar-refractivity contribution is -0.132. The summed E-state index contributed by atoms with van der Waals surface area (Å²) in [6, 6.07) is 8.25. The van der Waals surface area contributed by atoms with Crippen LogP contribution < -0.4 is 0 Å². The minimum Gasteiger partial charge on any atom is -0.333 e. The monoisotopic (exact) mass is 271 g/mol. The summed E-state index contributed by atoms with van der Waals surface area (Å²) in [5, 5.41) is 0. The molecule has 92 valence electrons. The normalized spacial score (nSPS) is 23.7. The summed E-state index contributed by atoms with van der Waals surface area (Å²) in [6.07, 6.45) is 0. The number of amides is 1. The van der Waals surface area contributed by atoms with Gasteiger partial charge in [0.15, 0.2) is 4.84 Å². The van der Waals surface area contributed by atoms with Crippen LogP contribution in [0.2, 0.25) is 0 Å². The SMILES string of the molecule is CC1CN(C(=O)C(Cl)Cl)C(C)c2ccccc21. The van der Waals surface area contributed by atoms with E-state index in [1.807, 2.05) is 19.1 Å². The second-order valence-corrected chi connectivity index (χ2v) is 5.59. The van der Waals surface area contributed by atoms with Crippen LogP contribution in [0.15, 0.2) is 24.3 Å². The number of fused-ring (bicyclic) bond motifs is 1. The Morgan fingerprint density at radius 1 is 1.29 bits per heavy atom. The molecule has 2 atom stereocenters. The first-order valence-corrected chi connectivity index (χ1v) is 6.57. The molecule has 0 fully saturated rings. The Hall–Kier alpha value is -0.730. The van der Waals surface area contributed by atoms with Crippen LogP contribution in [-0.2, 0) is 4.79 Å². The number of nitrogens with zero attached hydrogens (tertiary/aromatic N) is 1. The molecule has 1 aliphatic heterocycles. The fourth-order valence-corrected chi connectivity index (χ4v) is 2.72. The molecule has 1 aliphatic rings. The molecule has 0 bridgehead atoms. The van der Waals surface area contributed by atoms with Gasteiger partial charge in [-0.25, -0.2) is 0 Å². The smallest absolute Gasteiger partial charge is 0.256 e. The third kappa shape index (κ3) is 2.29. The van der Waals surface area contributed by atoms with E-state index in [1.54, 1.807) is 4.90 Å². The molecular weight excluding hydrogens is 257 g/mol. The minimum absolute atomic E-state index is 0.0369. The van der Waals surface area contributed by atoms with Gasteiger partial charge in [-0.3, -0.25) is 4.79 Å². The molecular formula is C13H15Cl2NO. The maximum atomic E-state index is 11.9. The Balaban J connectivity index is 2.36. The molecule has 1 amide bonds. The molecule has 0 aliphatic carbocycles. The van der Waals surface area contributed by atoms with E-state index < -0.39 is 4.84 Å². The van der Waals surface area contributed by atoms with Crippen LogP contribution in [0.3, 0.4) is 0 Å². The highest BCUT2D eigenvalue weighted by molar-refractivity contribution is 6.53. The zero-order valence-corrected chi connectivity index (χ0v) is 11.4. The van der Waals surface area contributed by atoms with Gasteiger partial charge in [0.25, 0.3) is 5.91 Å². The third-order valence-corrected chi connectivity index (χ3v) is 3.76. The number of carbonyl (C=O) groups excluding carboxylic acids is 1. The topological polar surface area (TPSA) is 20.3 Å². The molecule has 2 unspecified atom stereocenters. The molecule has 0 spiro atoms. The molecule has 0 N–H and O–H groups in total. The fraction of sp³-hybridized carbons (Fsp3) is 0.462. The number of hydrogen-bond donors (Lipinski definition) is 0. The minimum atomic E-state index is -0.977. The van der Waals surface area contributed by atoms with E-state index in [0.29, 0.717) is 12.5 Å². The zero-order valence-electron chi connectivity index (χ0n) is 9.86. The molecule has 17 heavy (non-hydrogen) atoms. The largest absolute Gasteiger partial charge is 0.333 e. The van der Waals surface area contributed by atoms with E-state index in [1.165, 1.54) is 11.1 Å². The number of benzene rings is 1. The fourth-order valence-electron chi connectivity index (χ4n) is 2.47. The van der Waals surface area contributed by atoms with E-state index in [0.717, 1.165) is 0 Å². The molecule has 0 saturated heterocycles. The van der Waals surface area contributed by atoms with Crippen LogP contribution in [0.25, 0.3) is 0 Å². The van der Waals surface area contributed by atoms with Crippen LogP contribution in [0.4, 0.5) is 0 Å². The van der Waals surface area contributed by atoms with Crippen molar-refractivity contribution in [1.82, 2.24) is 4.90 Å². The van der Waals surface area contributed by atoms with E-state index in [-0.39, 0.29) is 11.9 Å². The van der Waals surface area contributed by atoms with Gasteiger partial charge in [0.2, 0.25) is 0 Å².